The Morgan fingerprint density at radius 1 is 1.55 bits per heavy atom. The summed E-state index contributed by atoms with van der Waals surface area (Å²) in [5.41, 5.74) is 1.10. The van der Waals surface area contributed by atoms with Gasteiger partial charge in [0.15, 0.2) is 0 Å². The summed E-state index contributed by atoms with van der Waals surface area (Å²) in [5, 5.41) is 15.5. The van der Waals surface area contributed by atoms with Gasteiger partial charge in [-0.1, -0.05) is 23.7 Å². The summed E-state index contributed by atoms with van der Waals surface area (Å²) < 4.78 is 0. The maximum absolute atomic E-state index is 8.48. The molecule has 1 aromatic carbocycles. The van der Waals surface area contributed by atoms with Crippen molar-refractivity contribution in [3.63, 3.8) is 0 Å². The number of nitrogens with one attached hydrogen (secondary N) is 1. The summed E-state index contributed by atoms with van der Waals surface area (Å²) in [5.74, 6) is 0. The Morgan fingerprint density at radius 2 is 2.27 bits per heavy atom. The minimum absolute atomic E-state index is 0.0397. The van der Waals surface area contributed by atoms with Crippen LogP contribution in [0.5, 0.6) is 0 Å². The van der Waals surface area contributed by atoms with E-state index >= 15 is 0 Å². The predicted molar refractivity (Wildman–Crippen MR) is 43.8 cm³/mol. The van der Waals surface area contributed by atoms with Crippen LogP contribution in [-0.2, 0) is 0 Å². The van der Waals surface area contributed by atoms with Crippen molar-refractivity contribution in [1.29, 1.82) is 10.7 Å². The summed E-state index contributed by atoms with van der Waals surface area (Å²) in [6, 6.07) is 8.61. The van der Waals surface area contributed by atoms with Crippen molar-refractivity contribution in [3.05, 3.63) is 35.4 Å². The van der Waals surface area contributed by atoms with Crippen molar-refractivity contribution in [2.24, 2.45) is 0 Å². The van der Waals surface area contributed by atoms with Gasteiger partial charge >= 0.3 is 0 Å². The summed E-state index contributed by atoms with van der Waals surface area (Å²) in [7, 11) is 0. The van der Waals surface area contributed by atoms with Crippen LogP contribution in [0.25, 0.3) is 0 Å². The largest absolute Gasteiger partial charge is 0.289 e. The molecular formula is C8H5ClN2. The number of benzene rings is 1. The summed E-state index contributed by atoms with van der Waals surface area (Å²) in [4.78, 5) is 0. The van der Waals surface area contributed by atoms with Crippen molar-refractivity contribution in [3.8, 4) is 6.07 Å². The third-order valence-electron chi connectivity index (χ3n) is 1.25. The van der Waals surface area contributed by atoms with Gasteiger partial charge in [0.2, 0.25) is 0 Å². The number of halogens is 1. The molecule has 0 unspecified atom stereocenters. The molecule has 0 heterocycles. The van der Waals surface area contributed by atoms with E-state index in [0.717, 1.165) is 0 Å². The maximum atomic E-state index is 8.48. The highest BCUT2D eigenvalue weighted by Gasteiger charge is 1.97. The Balaban J connectivity index is 3.13. The summed E-state index contributed by atoms with van der Waals surface area (Å²) in [6.07, 6.45) is 0. The fourth-order valence-corrected chi connectivity index (χ4v) is 0.843. The van der Waals surface area contributed by atoms with Gasteiger partial charge in [-0.05, 0) is 12.1 Å². The van der Waals surface area contributed by atoms with E-state index in [0.29, 0.717) is 11.1 Å². The second kappa shape index (κ2) is 3.18. The van der Waals surface area contributed by atoms with Crippen LogP contribution >= 0.6 is 11.6 Å². The second-order valence-corrected chi connectivity index (χ2v) is 2.38. The van der Waals surface area contributed by atoms with Crippen LogP contribution in [0.2, 0.25) is 0 Å². The molecule has 0 fully saturated rings. The minimum atomic E-state index is -0.0397. The van der Waals surface area contributed by atoms with Crippen LogP contribution in [0.1, 0.15) is 11.1 Å². The summed E-state index contributed by atoms with van der Waals surface area (Å²) in [6.45, 7) is 0. The molecule has 0 aromatic heterocycles. The first-order chi connectivity index (χ1) is 5.24. The molecule has 0 aliphatic heterocycles. The van der Waals surface area contributed by atoms with Gasteiger partial charge in [0.05, 0.1) is 11.6 Å². The van der Waals surface area contributed by atoms with Crippen molar-refractivity contribution in [2.75, 3.05) is 0 Å². The van der Waals surface area contributed by atoms with Crippen LogP contribution in [-0.4, -0.2) is 5.17 Å². The fourth-order valence-electron chi connectivity index (χ4n) is 0.725. The van der Waals surface area contributed by atoms with E-state index in [1.54, 1.807) is 24.3 Å². The van der Waals surface area contributed by atoms with Gasteiger partial charge in [-0.15, -0.1) is 0 Å². The van der Waals surface area contributed by atoms with Gasteiger partial charge in [0, 0.05) is 5.56 Å². The molecule has 54 valence electrons. The maximum Gasteiger partial charge on any atom is 0.128 e. The Bertz CT molecular complexity index is 325. The molecule has 0 amide bonds. The van der Waals surface area contributed by atoms with Crippen LogP contribution in [0.15, 0.2) is 24.3 Å². The van der Waals surface area contributed by atoms with Gasteiger partial charge in [-0.3, -0.25) is 5.41 Å². The normalized spacial score (nSPS) is 8.73. The first-order valence-electron chi connectivity index (χ1n) is 2.98. The van der Waals surface area contributed by atoms with Gasteiger partial charge in [0.25, 0.3) is 0 Å². The molecule has 1 aromatic rings. The molecule has 0 bridgehead atoms. The van der Waals surface area contributed by atoms with Crippen molar-refractivity contribution in [2.45, 2.75) is 0 Å². The highest BCUT2D eigenvalue weighted by atomic mass is 35.5. The SMILES string of the molecule is N#Cc1cccc(C(=N)Cl)c1. The van der Waals surface area contributed by atoms with Crippen molar-refractivity contribution < 1.29 is 0 Å². The molecule has 3 heteroatoms. The molecule has 11 heavy (non-hydrogen) atoms. The second-order valence-electron chi connectivity index (χ2n) is 2.01. The number of nitriles is 1. The standard InChI is InChI=1S/C8H5ClN2/c9-8(11)7-3-1-2-6(4-7)5-10/h1-4,11H. The molecule has 0 spiro atoms. The monoisotopic (exact) mass is 164 g/mol. The van der Waals surface area contributed by atoms with Crippen LogP contribution in [0, 0.1) is 16.7 Å². The molecule has 0 atom stereocenters. The average molecular weight is 165 g/mol. The highest BCUT2D eigenvalue weighted by Crippen LogP contribution is 2.06. The zero-order chi connectivity index (χ0) is 8.27. The Labute approximate surface area is 69.5 Å². The van der Waals surface area contributed by atoms with E-state index in [1.165, 1.54) is 0 Å². The van der Waals surface area contributed by atoms with Crippen molar-refractivity contribution >= 4 is 16.8 Å². The third-order valence-corrected chi connectivity index (χ3v) is 1.46. The minimum Gasteiger partial charge on any atom is -0.289 e. The first-order valence-corrected chi connectivity index (χ1v) is 3.36. The lowest BCUT2D eigenvalue weighted by atomic mass is 10.1. The van der Waals surface area contributed by atoms with E-state index in [4.69, 9.17) is 22.3 Å². The number of hydrogen-bond acceptors (Lipinski definition) is 2. The molecule has 0 saturated carbocycles. The van der Waals surface area contributed by atoms with Gasteiger partial charge < -0.3 is 0 Å². The Morgan fingerprint density at radius 3 is 2.82 bits per heavy atom. The average Bonchev–Trinajstić information content (AvgIpc) is 2.05. The summed E-state index contributed by atoms with van der Waals surface area (Å²) >= 11 is 5.41. The lowest BCUT2D eigenvalue weighted by molar-refractivity contribution is 1.47. The van der Waals surface area contributed by atoms with Crippen LogP contribution in [0.4, 0.5) is 0 Å². The number of hydrogen-bond donors (Lipinski definition) is 1. The van der Waals surface area contributed by atoms with Gasteiger partial charge in [0.1, 0.15) is 5.17 Å². The molecular weight excluding hydrogens is 160 g/mol. The van der Waals surface area contributed by atoms with E-state index in [1.807, 2.05) is 6.07 Å². The number of nitrogens with zero attached hydrogens (tertiary/aromatic N) is 1. The first kappa shape index (κ1) is 7.77. The molecule has 0 aliphatic carbocycles. The lowest BCUT2D eigenvalue weighted by Crippen LogP contribution is -1.88. The molecule has 0 radical (unpaired) electrons. The van der Waals surface area contributed by atoms with Gasteiger partial charge in [-0.2, -0.15) is 5.26 Å². The molecule has 0 aliphatic rings. The Hall–Kier alpha value is -1.33. The van der Waals surface area contributed by atoms with E-state index < -0.39 is 0 Å². The smallest absolute Gasteiger partial charge is 0.128 e. The molecule has 1 N–H and O–H groups in total. The van der Waals surface area contributed by atoms with E-state index in [2.05, 4.69) is 0 Å². The molecule has 0 saturated heterocycles. The quantitative estimate of drug-likeness (QED) is 0.635. The molecule has 2 nitrogen and oxygen atoms in total. The zero-order valence-corrected chi connectivity index (χ0v) is 6.39. The van der Waals surface area contributed by atoms with Crippen LogP contribution in [0.3, 0.4) is 0 Å². The van der Waals surface area contributed by atoms with E-state index in [-0.39, 0.29) is 5.17 Å². The zero-order valence-electron chi connectivity index (χ0n) is 5.63. The lowest BCUT2D eigenvalue weighted by Gasteiger charge is -1.94. The van der Waals surface area contributed by atoms with Crippen molar-refractivity contribution in [1.82, 2.24) is 0 Å². The third kappa shape index (κ3) is 1.79. The predicted octanol–water partition coefficient (Wildman–Crippen LogP) is 2.12. The highest BCUT2D eigenvalue weighted by molar-refractivity contribution is 6.68. The van der Waals surface area contributed by atoms with E-state index in [9.17, 15) is 0 Å². The van der Waals surface area contributed by atoms with Gasteiger partial charge in [-0.25, -0.2) is 0 Å². The molecule has 1 rings (SSSR count). The van der Waals surface area contributed by atoms with Crippen LogP contribution < -0.4 is 0 Å². The Kier molecular flexibility index (Phi) is 2.25. The topological polar surface area (TPSA) is 47.6 Å². The fraction of sp³-hybridized carbons (Fsp3) is 0. The number of rotatable bonds is 1.